The molecule has 3 nitrogen and oxygen atoms in total. The van der Waals surface area contributed by atoms with Gasteiger partial charge < -0.3 is 0 Å². The van der Waals surface area contributed by atoms with Crippen LogP contribution < -0.4 is 0 Å². The first kappa shape index (κ1) is 8.73. The van der Waals surface area contributed by atoms with Gasteiger partial charge in [-0.3, -0.25) is 10.1 Å². The van der Waals surface area contributed by atoms with E-state index < -0.39 is 0 Å². The van der Waals surface area contributed by atoms with Crippen LogP contribution in [-0.2, 0) is 0 Å². The molecule has 1 saturated carbocycles. The Morgan fingerprint density at radius 2 is 2.38 bits per heavy atom. The quantitative estimate of drug-likeness (QED) is 0.372. The maximum atomic E-state index is 10.4. The summed E-state index contributed by atoms with van der Waals surface area (Å²) in [4.78, 5) is 10.2. The SMILES string of the molecule is CC1(C)C2CC=C(C[N+](=O)[O-])C1C2. The maximum Gasteiger partial charge on any atom is 0.225 e. The van der Waals surface area contributed by atoms with Crippen LogP contribution in [0, 0.1) is 27.4 Å². The summed E-state index contributed by atoms with van der Waals surface area (Å²) in [5.41, 5.74) is 1.39. The van der Waals surface area contributed by atoms with E-state index in [1.54, 1.807) is 0 Å². The number of nitrogens with zero attached hydrogens (tertiary/aromatic N) is 1. The monoisotopic (exact) mass is 181 g/mol. The van der Waals surface area contributed by atoms with Crippen molar-refractivity contribution in [2.45, 2.75) is 26.7 Å². The number of fused-ring (bicyclic) bond motifs is 1. The number of hydrogen-bond donors (Lipinski definition) is 0. The van der Waals surface area contributed by atoms with E-state index in [0.717, 1.165) is 17.9 Å². The predicted octanol–water partition coefficient (Wildman–Crippen LogP) is 2.26. The highest BCUT2D eigenvalue weighted by Gasteiger charge is 2.51. The summed E-state index contributed by atoms with van der Waals surface area (Å²) < 4.78 is 0. The van der Waals surface area contributed by atoms with Gasteiger partial charge in [-0.15, -0.1) is 0 Å². The van der Waals surface area contributed by atoms with E-state index in [0.29, 0.717) is 11.3 Å². The molecular formula is C10H15NO2. The van der Waals surface area contributed by atoms with Gasteiger partial charge in [-0.1, -0.05) is 19.9 Å². The Morgan fingerprint density at radius 1 is 1.69 bits per heavy atom. The normalized spacial score (nSPS) is 34.8. The number of nitro groups is 1. The molecule has 72 valence electrons. The average molecular weight is 181 g/mol. The molecule has 0 N–H and O–H groups in total. The molecule has 0 radical (unpaired) electrons. The standard InChI is InChI=1S/C10H15NO2/c1-10(2)8-4-3-7(6-11(12)13)9(10)5-8/h3,8-9H,4-6H2,1-2H3. The zero-order valence-corrected chi connectivity index (χ0v) is 8.12. The molecule has 3 aliphatic carbocycles. The van der Waals surface area contributed by atoms with Crippen molar-refractivity contribution < 1.29 is 4.92 Å². The number of hydrogen-bond acceptors (Lipinski definition) is 2. The minimum absolute atomic E-state index is 0.0564. The Morgan fingerprint density at radius 3 is 2.85 bits per heavy atom. The zero-order chi connectivity index (χ0) is 9.64. The van der Waals surface area contributed by atoms with Gasteiger partial charge in [0.05, 0.1) is 0 Å². The fraction of sp³-hybridized carbons (Fsp3) is 0.800. The molecule has 1 fully saturated rings. The van der Waals surface area contributed by atoms with Crippen LogP contribution in [0.5, 0.6) is 0 Å². The minimum atomic E-state index is -0.208. The molecule has 0 aromatic carbocycles. The molecule has 2 atom stereocenters. The van der Waals surface area contributed by atoms with Crippen molar-refractivity contribution in [1.82, 2.24) is 0 Å². The molecule has 3 rings (SSSR count). The fourth-order valence-electron chi connectivity index (χ4n) is 2.80. The topological polar surface area (TPSA) is 43.1 Å². The van der Waals surface area contributed by atoms with E-state index in [1.165, 1.54) is 6.42 Å². The molecule has 3 aliphatic rings. The van der Waals surface area contributed by atoms with Crippen LogP contribution in [0.25, 0.3) is 0 Å². The summed E-state index contributed by atoms with van der Waals surface area (Å²) in [5.74, 6) is 1.25. The summed E-state index contributed by atoms with van der Waals surface area (Å²) in [6.07, 6.45) is 4.31. The molecule has 0 heterocycles. The third-order valence-corrected chi connectivity index (χ3v) is 3.89. The van der Waals surface area contributed by atoms with Gasteiger partial charge in [0.15, 0.2) is 0 Å². The summed E-state index contributed by atoms with van der Waals surface area (Å²) in [7, 11) is 0. The van der Waals surface area contributed by atoms with Crippen LogP contribution in [0.2, 0.25) is 0 Å². The first-order valence-corrected chi connectivity index (χ1v) is 4.82. The van der Waals surface area contributed by atoms with Gasteiger partial charge >= 0.3 is 0 Å². The van der Waals surface area contributed by atoms with E-state index in [4.69, 9.17) is 0 Å². The van der Waals surface area contributed by atoms with E-state index in [1.807, 2.05) is 0 Å². The highest BCUT2D eigenvalue weighted by Crippen LogP contribution is 2.59. The third kappa shape index (κ3) is 1.18. The van der Waals surface area contributed by atoms with Crippen molar-refractivity contribution in [3.63, 3.8) is 0 Å². The molecule has 0 aromatic heterocycles. The zero-order valence-electron chi connectivity index (χ0n) is 8.12. The largest absolute Gasteiger partial charge is 0.264 e. The smallest absolute Gasteiger partial charge is 0.225 e. The van der Waals surface area contributed by atoms with Crippen LogP contribution in [0.15, 0.2) is 11.6 Å². The summed E-state index contributed by atoms with van der Waals surface area (Å²) in [6.45, 7) is 4.53. The molecule has 2 bridgehead atoms. The van der Waals surface area contributed by atoms with Crippen LogP contribution in [-0.4, -0.2) is 11.5 Å². The van der Waals surface area contributed by atoms with E-state index in [2.05, 4.69) is 19.9 Å². The Kier molecular flexibility index (Phi) is 1.72. The summed E-state index contributed by atoms with van der Waals surface area (Å²) in [5, 5.41) is 10.4. The second-order valence-corrected chi connectivity index (χ2v) is 4.81. The molecule has 2 unspecified atom stereocenters. The number of allylic oxidation sites excluding steroid dienone is 1. The maximum absolute atomic E-state index is 10.4. The van der Waals surface area contributed by atoms with Crippen molar-refractivity contribution in [2.75, 3.05) is 6.54 Å². The Labute approximate surface area is 78.0 Å². The minimum Gasteiger partial charge on any atom is -0.264 e. The van der Waals surface area contributed by atoms with Gasteiger partial charge in [-0.05, 0) is 35.7 Å². The Hall–Kier alpha value is -0.860. The van der Waals surface area contributed by atoms with Gasteiger partial charge in [0.2, 0.25) is 6.54 Å². The molecule has 0 aromatic rings. The van der Waals surface area contributed by atoms with Gasteiger partial charge in [0.1, 0.15) is 0 Å². The van der Waals surface area contributed by atoms with E-state index in [9.17, 15) is 10.1 Å². The Bertz CT molecular complexity index is 281. The molecular weight excluding hydrogens is 166 g/mol. The number of rotatable bonds is 2. The first-order chi connectivity index (χ1) is 6.01. The van der Waals surface area contributed by atoms with E-state index in [-0.39, 0.29) is 11.5 Å². The second kappa shape index (κ2) is 2.56. The molecule has 0 spiro atoms. The lowest BCUT2D eigenvalue weighted by molar-refractivity contribution is -0.473. The lowest BCUT2D eigenvalue weighted by atomic mass is 9.49. The van der Waals surface area contributed by atoms with Crippen molar-refractivity contribution in [3.05, 3.63) is 21.8 Å². The lowest BCUT2D eigenvalue weighted by Gasteiger charge is -2.55. The highest BCUT2D eigenvalue weighted by molar-refractivity contribution is 5.23. The van der Waals surface area contributed by atoms with Crippen molar-refractivity contribution in [1.29, 1.82) is 0 Å². The van der Waals surface area contributed by atoms with Gasteiger partial charge in [-0.2, -0.15) is 0 Å². The average Bonchev–Trinajstić information content (AvgIpc) is 2.03. The fourth-order valence-corrected chi connectivity index (χ4v) is 2.80. The van der Waals surface area contributed by atoms with Crippen LogP contribution in [0.4, 0.5) is 0 Å². The van der Waals surface area contributed by atoms with E-state index >= 15 is 0 Å². The summed E-state index contributed by atoms with van der Waals surface area (Å²) >= 11 is 0. The Balaban J connectivity index is 2.14. The molecule has 0 saturated heterocycles. The predicted molar refractivity (Wildman–Crippen MR) is 49.9 cm³/mol. The molecule has 3 heteroatoms. The van der Waals surface area contributed by atoms with Gasteiger partial charge in [0, 0.05) is 4.92 Å². The second-order valence-electron chi connectivity index (χ2n) is 4.81. The van der Waals surface area contributed by atoms with Crippen LogP contribution in [0.3, 0.4) is 0 Å². The van der Waals surface area contributed by atoms with Crippen molar-refractivity contribution in [3.8, 4) is 0 Å². The molecule has 0 amide bonds. The molecule has 13 heavy (non-hydrogen) atoms. The van der Waals surface area contributed by atoms with Crippen molar-refractivity contribution in [2.24, 2.45) is 17.3 Å². The van der Waals surface area contributed by atoms with Crippen LogP contribution >= 0.6 is 0 Å². The molecule has 0 aliphatic heterocycles. The first-order valence-electron chi connectivity index (χ1n) is 4.82. The summed E-state index contributed by atoms with van der Waals surface area (Å²) in [6, 6.07) is 0. The lowest BCUT2D eigenvalue weighted by Crippen LogP contribution is -2.49. The van der Waals surface area contributed by atoms with Gasteiger partial charge in [-0.25, -0.2) is 0 Å². The highest BCUT2D eigenvalue weighted by atomic mass is 16.6. The van der Waals surface area contributed by atoms with Crippen molar-refractivity contribution >= 4 is 0 Å². The van der Waals surface area contributed by atoms with Crippen LogP contribution in [0.1, 0.15) is 26.7 Å². The third-order valence-electron chi connectivity index (χ3n) is 3.89. The van der Waals surface area contributed by atoms with Gasteiger partial charge in [0.25, 0.3) is 0 Å².